The predicted octanol–water partition coefficient (Wildman–Crippen LogP) is 8.33. The van der Waals surface area contributed by atoms with Crippen molar-refractivity contribution >= 4 is 5.91 Å². The highest BCUT2D eigenvalue weighted by molar-refractivity contribution is 5.75. The summed E-state index contributed by atoms with van der Waals surface area (Å²) in [6.45, 7) is 6.55. The third-order valence-electron chi connectivity index (χ3n) is 6.77. The van der Waals surface area contributed by atoms with Crippen molar-refractivity contribution in [2.24, 2.45) is 0 Å². The van der Waals surface area contributed by atoms with E-state index in [1.165, 1.54) is 96.3 Å². The summed E-state index contributed by atoms with van der Waals surface area (Å²) in [6.07, 6.45) is 22.6. The lowest BCUT2D eigenvalue weighted by Gasteiger charge is -2.16. The number of amides is 1. The molecule has 1 rings (SSSR count). The van der Waals surface area contributed by atoms with Gasteiger partial charge in [-0.25, -0.2) is 0 Å². The molecule has 5 heteroatoms. The molecule has 1 atom stereocenters. The van der Waals surface area contributed by atoms with E-state index in [1.54, 1.807) is 24.3 Å². The number of carbonyl (C=O) groups excluding carboxylic acids is 1. The van der Waals surface area contributed by atoms with Gasteiger partial charge in [-0.2, -0.15) is 0 Å². The Balaban J connectivity index is 1.82. The molecular formula is C31H55NO4. The van der Waals surface area contributed by atoms with E-state index in [-0.39, 0.29) is 11.7 Å². The monoisotopic (exact) mass is 505 g/mol. The van der Waals surface area contributed by atoms with Crippen molar-refractivity contribution in [1.82, 2.24) is 5.32 Å². The molecule has 0 aliphatic rings. The first-order valence-electron chi connectivity index (χ1n) is 15.0. The van der Waals surface area contributed by atoms with Crippen LogP contribution < -0.4 is 10.1 Å². The zero-order valence-electron chi connectivity index (χ0n) is 23.4. The number of aromatic hydroxyl groups is 1. The number of nitrogens with one attached hydrogen (secondary N) is 1. The number of phenols is 1. The Morgan fingerprint density at radius 2 is 1.36 bits per heavy atom. The van der Waals surface area contributed by atoms with Crippen LogP contribution in [0.25, 0.3) is 0 Å². The number of carbonyl (C=O) groups is 1. The Kier molecular flexibility index (Phi) is 21.2. The number of hydrogen-bond donors (Lipinski definition) is 2. The standard InChI is InChI=1S/C31H55NO4/c1-3-5-6-7-10-13-16-19-29(4-2)35-26-18-15-12-9-8-11-14-17-25-32-31(34)24-27-36-30-22-20-28(33)21-23-30/h20-23,29,33H,3-19,24-27H2,1-2H3,(H,32,34). The molecule has 1 unspecified atom stereocenters. The lowest BCUT2D eigenvalue weighted by atomic mass is 10.1. The van der Waals surface area contributed by atoms with Gasteiger partial charge in [0, 0.05) is 13.2 Å². The Bertz CT molecular complexity index is 620. The maximum atomic E-state index is 11.9. The molecule has 0 heterocycles. The van der Waals surface area contributed by atoms with E-state index in [0.29, 0.717) is 24.9 Å². The molecule has 0 aliphatic carbocycles. The fourth-order valence-corrected chi connectivity index (χ4v) is 4.39. The van der Waals surface area contributed by atoms with E-state index >= 15 is 0 Å². The van der Waals surface area contributed by atoms with Crippen LogP contribution in [0.5, 0.6) is 11.5 Å². The zero-order valence-corrected chi connectivity index (χ0v) is 23.4. The van der Waals surface area contributed by atoms with Crippen molar-refractivity contribution in [1.29, 1.82) is 0 Å². The molecule has 1 aromatic carbocycles. The summed E-state index contributed by atoms with van der Waals surface area (Å²) in [5.41, 5.74) is 0. The lowest BCUT2D eigenvalue weighted by molar-refractivity contribution is -0.121. The highest BCUT2D eigenvalue weighted by atomic mass is 16.5. The van der Waals surface area contributed by atoms with Gasteiger partial charge < -0.3 is 19.9 Å². The highest BCUT2D eigenvalue weighted by Crippen LogP contribution is 2.16. The highest BCUT2D eigenvalue weighted by Gasteiger charge is 2.06. The molecule has 2 N–H and O–H groups in total. The number of phenolic OH excluding ortho intramolecular Hbond substituents is 1. The second kappa shape index (κ2) is 23.6. The van der Waals surface area contributed by atoms with Crippen LogP contribution in [-0.4, -0.2) is 36.9 Å². The van der Waals surface area contributed by atoms with Crippen molar-refractivity contribution < 1.29 is 19.4 Å². The van der Waals surface area contributed by atoms with Crippen molar-refractivity contribution in [2.45, 2.75) is 136 Å². The van der Waals surface area contributed by atoms with Crippen LogP contribution in [-0.2, 0) is 9.53 Å². The molecule has 1 aromatic rings. The Hall–Kier alpha value is -1.75. The molecule has 0 aliphatic heterocycles. The molecule has 1 amide bonds. The van der Waals surface area contributed by atoms with Crippen molar-refractivity contribution in [3.8, 4) is 11.5 Å². The predicted molar refractivity (Wildman–Crippen MR) is 151 cm³/mol. The number of benzene rings is 1. The maximum absolute atomic E-state index is 11.9. The molecular weight excluding hydrogens is 450 g/mol. The molecule has 0 fully saturated rings. The van der Waals surface area contributed by atoms with Crippen LogP contribution in [0.2, 0.25) is 0 Å². The summed E-state index contributed by atoms with van der Waals surface area (Å²) in [6, 6.07) is 6.54. The van der Waals surface area contributed by atoms with E-state index < -0.39 is 0 Å². The fourth-order valence-electron chi connectivity index (χ4n) is 4.39. The van der Waals surface area contributed by atoms with Crippen LogP contribution in [0.3, 0.4) is 0 Å². The molecule has 0 radical (unpaired) electrons. The smallest absolute Gasteiger partial charge is 0.223 e. The van der Waals surface area contributed by atoms with E-state index in [0.717, 1.165) is 26.0 Å². The third kappa shape index (κ3) is 19.4. The number of hydrogen-bond acceptors (Lipinski definition) is 4. The van der Waals surface area contributed by atoms with E-state index in [9.17, 15) is 9.90 Å². The van der Waals surface area contributed by atoms with Crippen LogP contribution in [0.4, 0.5) is 0 Å². The molecule has 0 saturated carbocycles. The average Bonchev–Trinajstić information content (AvgIpc) is 2.88. The summed E-state index contributed by atoms with van der Waals surface area (Å²) in [5, 5.41) is 12.2. The number of ether oxygens (including phenoxy) is 2. The minimum atomic E-state index is 0.0312. The fraction of sp³-hybridized carbons (Fsp3) is 0.774. The van der Waals surface area contributed by atoms with Gasteiger partial charge in [-0.05, 0) is 49.9 Å². The quantitative estimate of drug-likeness (QED) is 0.131. The van der Waals surface area contributed by atoms with Gasteiger partial charge in [0.1, 0.15) is 11.5 Å². The number of rotatable bonds is 25. The second-order valence-electron chi connectivity index (χ2n) is 10.1. The Morgan fingerprint density at radius 3 is 2.00 bits per heavy atom. The van der Waals surface area contributed by atoms with Gasteiger partial charge in [-0.3, -0.25) is 4.79 Å². The summed E-state index contributed by atoms with van der Waals surface area (Å²) >= 11 is 0. The summed E-state index contributed by atoms with van der Waals surface area (Å²) < 4.78 is 11.6. The second-order valence-corrected chi connectivity index (χ2v) is 10.1. The minimum absolute atomic E-state index is 0.0312. The first kappa shape index (κ1) is 32.3. The van der Waals surface area contributed by atoms with Crippen molar-refractivity contribution in [3.63, 3.8) is 0 Å². The summed E-state index contributed by atoms with van der Waals surface area (Å²) in [5.74, 6) is 0.903. The SMILES string of the molecule is CCCCCCCCCC(CC)OCCCCCCCCCCNC(=O)CCOc1ccc(O)cc1. The van der Waals surface area contributed by atoms with Gasteiger partial charge in [-0.15, -0.1) is 0 Å². The zero-order chi connectivity index (χ0) is 26.1. The normalized spacial score (nSPS) is 11.9. The van der Waals surface area contributed by atoms with Crippen molar-refractivity contribution in [3.05, 3.63) is 24.3 Å². The number of unbranched alkanes of at least 4 members (excludes halogenated alkanes) is 13. The Morgan fingerprint density at radius 1 is 0.778 bits per heavy atom. The third-order valence-corrected chi connectivity index (χ3v) is 6.77. The van der Waals surface area contributed by atoms with Gasteiger partial charge >= 0.3 is 0 Å². The Labute approximate surface area is 221 Å². The van der Waals surface area contributed by atoms with Gasteiger partial charge in [0.15, 0.2) is 0 Å². The van der Waals surface area contributed by atoms with Gasteiger partial charge in [0.25, 0.3) is 0 Å². The molecule has 0 bridgehead atoms. The molecule has 208 valence electrons. The van der Waals surface area contributed by atoms with E-state index in [2.05, 4.69) is 19.2 Å². The maximum Gasteiger partial charge on any atom is 0.223 e. The summed E-state index contributed by atoms with van der Waals surface area (Å²) in [7, 11) is 0. The summed E-state index contributed by atoms with van der Waals surface area (Å²) in [4.78, 5) is 11.9. The van der Waals surface area contributed by atoms with Gasteiger partial charge in [0.2, 0.25) is 5.91 Å². The molecule has 0 spiro atoms. The van der Waals surface area contributed by atoms with Crippen LogP contribution >= 0.6 is 0 Å². The van der Waals surface area contributed by atoms with E-state index in [4.69, 9.17) is 9.47 Å². The lowest BCUT2D eigenvalue weighted by Crippen LogP contribution is -2.25. The largest absolute Gasteiger partial charge is 0.508 e. The topological polar surface area (TPSA) is 67.8 Å². The molecule has 0 saturated heterocycles. The van der Waals surface area contributed by atoms with Crippen molar-refractivity contribution in [2.75, 3.05) is 19.8 Å². The molecule has 5 nitrogen and oxygen atoms in total. The molecule has 36 heavy (non-hydrogen) atoms. The minimum Gasteiger partial charge on any atom is -0.508 e. The first-order chi connectivity index (χ1) is 17.7. The van der Waals surface area contributed by atoms with Crippen LogP contribution in [0.1, 0.15) is 129 Å². The molecule has 0 aromatic heterocycles. The van der Waals surface area contributed by atoms with Gasteiger partial charge in [0.05, 0.1) is 19.1 Å². The average molecular weight is 506 g/mol. The van der Waals surface area contributed by atoms with Gasteiger partial charge in [-0.1, -0.05) is 97.3 Å². The first-order valence-corrected chi connectivity index (χ1v) is 15.0. The van der Waals surface area contributed by atoms with Crippen LogP contribution in [0.15, 0.2) is 24.3 Å². The van der Waals surface area contributed by atoms with E-state index in [1.807, 2.05) is 0 Å². The van der Waals surface area contributed by atoms with Crippen LogP contribution in [0, 0.1) is 0 Å².